The van der Waals surface area contributed by atoms with Crippen molar-refractivity contribution in [2.24, 2.45) is 13.0 Å². The highest BCUT2D eigenvalue weighted by Gasteiger charge is 2.23. The second-order valence-corrected chi connectivity index (χ2v) is 5.26. The van der Waals surface area contributed by atoms with Gasteiger partial charge < -0.3 is 15.0 Å². The third-order valence-corrected chi connectivity index (χ3v) is 3.99. The third-order valence-electron chi connectivity index (χ3n) is 3.99. The van der Waals surface area contributed by atoms with E-state index in [1.807, 2.05) is 11.6 Å². The van der Waals surface area contributed by atoms with Crippen LogP contribution >= 0.6 is 0 Å². The van der Waals surface area contributed by atoms with Crippen LogP contribution in [0.15, 0.2) is 6.33 Å². The molecule has 0 amide bonds. The van der Waals surface area contributed by atoms with Crippen LogP contribution in [0.1, 0.15) is 44.3 Å². The number of aryl methyl sites for hydroxylation is 1. The fraction of sp³-hybridized carbons (Fsp3) is 0.846. The van der Waals surface area contributed by atoms with E-state index in [1.165, 1.54) is 32.1 Å². The van der Waals surface area contributed by atoms with Gasteiger partial charge in [-0.15, -0.1) is 10.2 Å². The number of nitrogens with one attached hydrogen (secondary N) is 1. The van der Waals surface area contributed by atoms with Gasteiger partial charge in [-0.1, -0.05) is 19.3 Å². The molecule has 102 valence electrons. The van der Waals surface area contributed by atoms with Crippen LogP contribution in [0.25, 0.3) is 0 Å². The first-order valence-corrected chi connectivity index (χ1v) is 6.98. The normalized spacial score (nSPS) is 19.0. The Labute approximate surface area is 109 Å². The summed E-state index contributed by atoms with van der Waals surface area (Å²) in [6.07, 6.45) is 9.16. The van der Waals surface area contributed by atoms with Gasteiger partial charge in [0, 0.05) is 19.7 Å². The van der Waals surface area contributed by atoms with Gasteiger partial charge >= 0.3 is 0 Å². The number of aromatic nitrogens is 3. The molecule has 0 saturated heterocycles. The van der Waals surface area contributed by atoms with Crippen molar-refractivity contribution in [2.75, 3.05) is 6.61 Å². The summed E-state index contributed by atoms with van der Waals surface area (Å²) in [5.74, 6) is 1.66. The zero-order chi connectivity index (χ0) is 12.8. The largest absolute Gasteiger partial charge is 0.396 e. The SMILES string of the molecule is Cn1cnnc1CNC(CCO)C1CCCCC1. The minimum atomic E-state index is 0.257. The highest BCUT2D eigenvalue weighted by Crippen LogP contribution is 2.27. The van der Waals surface area contributed by atoms with Crippen LogP contribution in [-0.4, -0.2) is 32.5 Å². The van der Waals surface area contributed by atoms with Crippen LogP contribution in [0, 0.1) is 5.92 Å². The van der Waals surface area contributed by atoms with Gasteiger partial charge in [0.1, 0.15) is 12.2 Å². The minimum Gasteiger partial charge on any atom is -0.396 e. The third kappa shape index (κ3) is 3.53. The van der Waals surface area contributed by atoms with Crippen molar-refractivity contribution >= 4 is 0 Å². The lowest BCUT2D eigenvalue weighted by Crippen LogP contribution is -2.38. The zero-order valence-electron chi connectivity index (χ0n) is 11.2. The van der Waals surface area contributed by atoms with Crippen molar-refractivity contribution in [1.82, 2.24) is 20.1 Å². The summed E-state index contributed by atoms with van der Waals surface area (Å²) in [5.41, 5.74) is 0. The first-order chi connectivity index (χ1) is 8.81. The Morgan fingerprint density at radius 3 is 2.83 bits per heavy atom. The lowest BCUT2D eigenvalue weighted by molar-refractivity contribution is 0.204. The Morgan fingerprint density at radius 2 is 2.22 bits per heavy atom. The molecular weight excluding hydrogens is 228 g/mol. The van der Waals surface area contributed by atoms with Gasteiger partial charge in [0.25, 0.3) is 0 Å². The van der Waals surface area contributed by atoms with Crippen LogP contribution in [0.5, 0.6) is 0 Å². The first kappa shape index (κ1) is 13.5. The van der Waals surface area contributed by atoms with E-state index in [4.69, 9.17) is 0 Å². The Hall–Kier alpha value is -0.940. The van der Waals surface area contributed by atoms with Crippen molar-refractivity contribution in [1.29, 1.82) is 0 Å². The molecule has 0 radical (unpaired) electrons. The molecule has 1 fully saturated rings. The maximum absolute atomic E-state index is 9.21. The molecular formula is C13H24N4O. The summed E-state index contributed by atoms with van der Waals surface area (Å²) in [5, 5.41) is 20.7. The quantitative estimate of drug-likeness (QED) is 0.799. The average Bonchev–Trinajstić information content (AvgIpc) is 2.81. The molecule has 1 unspecified atom stereocenters. The van der Waals surface area contributed by atoms with Gasteiger partial charge in [0.2, 0.25) is 0 Å². The maximum atomic E-state index is 9.21. The van der Waals surface area contributed by atoms with Gasteiger partial charge in [-0.2, -0.15) is 0 Å². The van der Waals surface area contributed by atoms with E-state index in [9.17, 15) is 5.11 Å². The molecule has 5 nitrogen and oxygen atoms in total. The van der Waals surface area contributed by atoms with Gasteiger partial charge in [-0.25, -0.2) is 0 Å². The summed E-state index contributed by atoms with van der Waals surface area (Å²) in [4.78, 5) is 0. The monoisotopic (exact) mass is 252 g/mol. The van der Waals surface area contributed by atoms with Gasteiger partial charge in [0.15, 0.2) is 0 Å². The zero-order valence-corrected chi connectivity index (χ0v) is 11.2. The molecule has 1 aliphatic carbocycles. The van der Waals surface area contributed by atoms with Crippen molar-refractivity contribution in [2.45, 2.75) is 51.1 Å². The molecule has 1 aliphatic rings. The van der Waals surface area contributed by atoms with E-state index >= 15 is 0 Å². The van der Waals surface area contributed by atoms with E-state index < -0.39 is 0 Å². The maximum Gasteiger partial charge on any atom is 0.146 e. The van der Waals surface area contributed by atoms with Crippen molar-refractivity contribution < 1.29 is 5.11 Å². The summed E-state index contributed by atoms with van der Waals surface area (Å²) < 4.78 is 1.93. The highest BCUT2D eigenvalue weighted by molar-refractivity contribution is 4.86. The summed E-state index contributed by atoms with van der Waals surface area (Å²) in [6.45, 7) is 0.991. The molecule has 18 heavy (non-hydrogen) atoms. The van der Waals surface area contributed by atoms with Crippen LogP contribution in [-0.2, 0) is 13.6 Å². The van der Waals surface area contributed by atoms with Crippen LogP contribution < -0.4 is 5.32 Å². The van der Waals surface area contributed by atoms with E-state index in [2.05, 4.69) is 15.5 Å². The molecule has 2 rings (SSSR count). The average molecular weight is 252 g/mol. The standard InChI is InChI=1S/C13H24N4O/c1-17-10-15-16-13(17)9-14-12(7-8-18)11-5-3-2-4-6-11/h10-12,14,18H,2-9H2,1H3. The molecule has 0 bridgehead atoms. The molecule has 0 spiro atoms. The minimum absolute atomic E-state index is 0.257. The summed E-state index contributed by atoms with van der Waals surface area (Å²) >= 11 is 0. The molecule has 1 heterocycles. The topological polar surface area (TPSA) is 63.0 Å². The summed E-state index contributed by atoms with van der Waals surface area (Å²) in [7, 11) is 1.96. The predicted molar refractivity (Wildman–Crippen MR) is 69.9 cm³/mol. The molecule has 1 aromatic rings. The fourth-order valence-electron chi connectivity index (χ4n) is 2.87. The van der Waals surface area contributed by atoms with Gasteiger partial charge in [-0.05, 0) is 25.2 Å². The van der Waals surface area contributed by atoms with Gasteiger partial charge in [0.05, 0.1) is 6.54 Å². The lowest BCUT2D eigenvalue weighted by Gasteiger charge is -2.30. The Balaban J connectivity index is 1.87. The van der Waals surface area contributed by atoms with E-state index in [0.717, 1.165) is 18.8 Å². The van der Waals surface area contributed by atoms with Gasteiger partial charge in [-0.3, -0.25) is 0 Å². The van der Waals surface area contributed by atoms with Crippen LogP contribution in [0.3, 0.4) is 0 Å². The second kappa shape index (κ2) is 6.85. The number of aliphatic hydroxyl groups excluding tert-OH is 1. The van der Waals surface area contributed by atoms with Crippen LogP contribution in [0.2, 0.25) is 0 Å². The van der Waals surface area contributed by atoms with Crippen molar-refractivity contribution in [3.8, 4) is 0 Å². The Morgan fingerprint density at radius 1 is 1.44 bits per heavy atom. The molecule has 1 saturated carbocycles. The molecule has 0 aliphatic heterocycles. The van der Waals surface area contributed by atoms with Crippen LogP contribution in [0.4, 0.5) is 0 Å². The molecule has 5 heteroatoms. The number of nitrogens with zero attached hydrogens (tertiary/aromatic N) is 3. The number of rotatable bonds is 6. The number of hydrogen-bond acceptors (Lipinski definition) is 4. The van der Waals surface area contributed by atoms with E-state index in [1.54, 1.807) is 6.33 Å². The lowest BCUT2D eigenvalue weighted by atomic mass is 9.83. The smallest absolute Gasteiger partial charge is 0.146 e. The number of hydrogen-bond donors (Lipinski definition) is 2. The Bertz CT molecular complexity index is 347. The molecule has 0 aromatic carbocycles. The predicted octanol–water partition coefficient (Wildman–Crippen LogP) is 1.24. The molecule has 1 aromatic heterocycles. The van der Waals surface area contributed by atoms with E-state index in [0.29, 0.717) is 12.0 Å². The first-order valence-electron chi connectivity index (χ1n) is 6.98. The highest BCUT2D eigenvalue weighted by atomic mass is 16.3. The van der Waals surface area contributed by atoms with Crippen molar-refractivity contribution in [3.05, 3.63) is 12.2 Å². The number of aliphatic hydroxyl groups is 1. The fourth-order valence-corrected chi connectivity index (χ4v) is 2.87. The second-order valence-electron chi connectivity index (χ2n) is 5.26. The molecule has 2 N–H and O–H groups in total. The van der Waals surface area contributed by atoms with E-state index in [-0.39, 0.29) is 6.61 Å². The molecule has 1 atom stereocenters. The summed E-state index contributed by atoms with van der Waals surface area (Å²) in [6, 6.07) is 0.409. The van der Waals surface area contributed by atoms with Crippen molar-refractivity contribution in [3.63, 3.8) is 0 Å². The Kier molecular flexibility index (Phi) is 5.13.